The fourth-order valence-corrected chi connectivity index (χ4v) is 2.34. The lowest BCUT2D eigenvalue weighted by Gasteiger charge is -2.18. The van der Waals surface area contributed by atoms with Gasteiger partial charge in [0.05, 0.1) is 0 Å². The molecule has 2 unspecified atom stereocenters. The fourth-order valence-electron chi connectivity index (χ4n) is 2.34. The molecule has 13 nitrogen and oxygen atoms in total. The number of carbonyl (C=O) groups excluding carboxylic acids is 3. The van der Waals surface area contributed by atoms with Gasteiger partial charge in [-0.05, 0) is 32.1 Å². The van der Waals surface area contributed by atoms with Crippen LogP contribution >= 0.6 is 0 Å². The van der Waals surface area contributed by atoms with E-state index in [0.717, 1.165) is 0 Å². The Morgan fingerprint density at radius 2 is 1.37 bits per heavy atom. The molecule has 0 spiro atoms. The fraction of sp³-hybridized carbons (Fsp3) is 0.647. The molecule has 4 amide bonds. The molecule has 0 saturated carbocycles. The third-order valence-electron chi connectivity index (χ3n) is 3.90. The highest BCUT2D eigenvalue weighted by atomic mass is 16.4. The predicted octanol–water partition coefficient (Wildman–Crippen LogP) is -1.13. The van der Waals surface area contributed by atoms with Gasteiger partial charge in [-0.1, -0.05) is 0 Å². The second-order valence-corrected chi connectivity index (χ2v) is 6.35. The van der Waals surface area contributed by atoms with Crippen LogP contribution in [0.2, 0.25) is 0 Å². The number of carbonyl (C=O) groups is 6. The molecule has 0 aromatic heterocycles. The van der Waals surface area contributed by atoms with Crippen LogP contribution in [-0.2, 0) is 24.0 Å². The lowest BCUT2D eigenvalue weighted by molar-refractivity contribution is -0.141. The maximum absolute atomic E-state index is 11.9. The normalized spacial score (nSPS) is 12.1. The first-order chi connectivity index (χ1) is 14.2. The zero-order valence-electron chi connectivity index (χ0n) is 16.4. The SMILES string of the molecule is O=CNCCCC(=O)NCCCCC(NC(=O)NC(CCC(=O)O)C(=O)O)C(=O)O. The number of nitrogens with one attached hydrogen (secondary N) is 4. The minimum atomic E-state index is -1.47. The Hall–Kier alpha value is -3.38. The Morgan fingerprint density at radius 1 is 0.767 bits per heavy atom. The molecular weight excluding hydrogens is 404 g/mol. The number of unbranched alkanes of at least 4 members (excludes halogenated alkanes) is 1. The van der Waals surface area contributed by atoms with Crippen LogP contribution in [0.25, 0.3) is 0 Å². The highest BCUT2D eigenvalue weighted by molar-refractivity contribution is 5.86. The van der Waals surface area contributed by atoms with Crippen LogP contribution in [0.15, 0.2) is 0 Å². The molecule has 0 heterocycles. The van der Waals surface area contributed by atoms with Crippen molar-refractivity contribution < 1.29 is 44.1 Å². The molecule has 0 aromatic rings. The zero-order chi connectivity index (χ0) is 22.9. The summed E-state index contributed by atoms with van der Waals surface area (Å²) in [6.45, 7) is 0.707. The molecule has 0 aromatic carbocycles. The van der Waals surface area contributed by atoms with E-state index in [2.05, 4.69) is 16.0 Å². The Balaban J connectivity index is 4.25. The molecule has 0 fully saturated rings. The number of carboxylic acid groups (broad SMARTS) is 3. The van der Waals surface area contributed by atoms with E-state index in [1.165, 1.54) is 0 Å². The van der Waals surface area contributed by atoms with Gasteiger partial charge in [0.1, 0.15) is 12.1 Å². The summed E-state index contributed by atoms with van der Waals surface area (Å²) in [5, 5.41) is 36.1. The van der Waals surface area contributed by atoms with E-state index in [1.807, 2.05) is 5.32 Å². The number of amides is 4. The standard InChI is InChI=1S/C17H28N4O9/c22-10-18-8-3-5-13(23)19-9-2-1-4-11(15(26)27)20-17(30)21-12(16(28)29)6-7-14(24)25/h10-12H,1-9H2,(H,18,22)(H,19,23)(H,24,25)(H,26,27)(H,28,29)(H2,20,21,30). The van der Waals surface area contributed by atoms with Crippen LogP contribution in [0, 0.1) is 0 Å². The van der Waals surface area contributed by atoms with E-state index in [4.69, 9.17) is 10.2 Å². The van der Waals surface area contributed by atoms with Crippen LogP contribution < -0.4 is 21.3 Å². The summed E-state index contributed by atoms with van der Waals surface area (Å²) in [7, 11) is 0. The number of aliphatic carboxylic acids is 3. The summed E-state index contributed by atoms with van der Waals surface area (Å²) in [5.74, 6) is -4.17. The molecule has 0 aliphatic rings. The molecule has 0 bridgehead atoms. The van der Waals surface area contributed by atoms with Crippen molar-refractivity contribution in [3.05, 3.63) is 0 Å². The Labute approximate surface area is 172 Å². The summed E-state index contributed by atoms with van der Waals surface area (Å²) < 4.78 is 0. The molecule has 7 N–H and O–H groups in total. The van der Waals surface area contributed by atoms with Crippen molar-refractivity contribution in [1.29, 1.82) is 0 Å². The average Bonchev–Trinajstić information content (AvgIpc) is 2.66. The van der Waals surface area contributed by atoms with Gasteiger partial charge in [-0.2, -0.15) is 0 Å². The average molecular weight is 432 g/mol. The lowest BCUT2D eigenvalue weighted by Crippen LogP contribution is -2.51. The van der Waals surface area contributed by atoms with Gasteiger partial charge in [0.15, 0.2) is 0 Å². The van der Waals surface area contributed by atoms with Crippen LogP contribution in [0.5, 0.6) is 0 Å². The van der Waals surface area contributed by atoms with Crippen LogP contribution in [-0.4, -0.2) is 76.7 Å². The van der Waals surface area contributed by atoms with Crippen molar-refractivity contribution in [3.63, 3.8) is 0 Å². The number of urea groups is 1. The predicted molar refractivity (Wildman–Crippen MR) is 102 cm³/mol. The quantitative estimate of drug-likeness (QED) is 0.109. The Bertz CT molecular complexity index is 612. The first-order valence-corrected chi connectivity index (χ1v) is 9.35. The molecule has 2 atom stereocenters. The van der Waals surface area contributed by atoms with Gasteiger partial charge in [0.25, 0.3) is 0 Å². The van der Waals surface area contributed by atoms with E-state index in [0.29, 0.717) is 38.8 Å². The minimum Gasteiger partial charge on any atom is -0.481 e. The van der Waals surface area contributed by atoms with Gasteiger partial charge in [-0.15, -0.1) is 0 Å². The first kappa shape index (κ1) is 26.6. The first-order valence-electron chi connectivity index (χ1n) is 9.35. The largest absolute Gasteiger partial charge is 0.481 e. The van der Waals surface area contributed by atoms with Crippen molar-refractivity contribution in [2.24, 2.45) is 0 Å². The maximum atomic E-state index is 11.9. The van der Waals surface area contributed by atoms with Gasteiger partial charge in [-0.25, -0.2) is 14.4 Å². The molecule has 0 aliphatic carbocycles. The molecule has 0 radical (unpaired) electrons. The summed E-state index contributed by atoms with van der Waals surface area (Å²) in [6, 6.07) is -3.77. The van der Waals surface area contributed by atoms with Crippen molar-refractivity contribution in [2.75, 3.05) is 13.1 Å². The number of hydrogen-bond donors (Lipinski definition) is 7. The highest BCUT2D eigenvalue weighted by Crippen LogP contribution is 2.03. The topological polar surface area (TPSA) is 211 Å². The number of carboxylic acids is 3. The third-order valence-corrected chi connectivity index (χ3v) is 3.90. The molecular formula is C17H28N4O9. The van der Waals surface area contributed by atoms with E-state index in [1.54, 1.807) is 0 Å². The number of hydrogen-bond acceptors (Lipinski definition) is 6. The minimum absolute atomic E-state index is 0.0503. The van der Waals surface area contributed by atoms with Crippen LogP contribution in [0.4, 0.5) is 4.79 Å². The monoisotopic (exact) mass is 432 g/mol. The summed E-state index contributed by atoms with van der Waals surface area (Å²) in [6.07, 6.45) is 1.34. The van der Waals surface area contributed by atoms with Crippen molar-refractivity contribution >= 4 is 36.3 Å². The van der Waals surface area contributed by atoms with Crippen LogP contribution in [0.3, 0.4) is 0 Å². The molecule has 30 heavy (non-hydrogen) atoms. The van der Waals surface area contributed by atoms with Gasteiger partial charge < -0.3 is 36.6 Å². The van der Waals surface area contributed by atoms with Gasteiger partial charge in [-0.3, -0.25) is 14.4 Å². The Morgan fingerprint density at radius 3 is 1.90 bits per heavy atom. The summed E-state index contributed by atoms with van der Waals surface area (Å²) in [4.78, 5) is 66.3. The van der Waals surface area contributed by atoms with E-state index < -0.39 is 42.4 Å². The van der Waals surface area contributed by atoms with E-state index in [-0.39, 0.29) is 25.2 Å². The number of rotatable bonds is 17. The van der Waals surface area contributed by atoms with Gasteiger partial charge >= 0.3 is 23.9 Å². The van der Waals surface area contributed by atoms with E-state index >= 15 is 0 Å². The zero-order valence-corrected chi connectivity index (χ0v) is 16.4. The molecule has 0 aliphatic heterocycles. The lowest BCUT2D eigenvalue weighted by atomic mass is 10.1. The Kier molecular flexibility index (Phi) is 13.8. The summed E-state index contributed by atoms with van der Waals surface area (Å²) >= 11 is 0. The second-order valence-electron chi connectivity index (χ2n) is 6.35. The molecule has 0 rings (SSSR count). The second kappa shape index (κ2) is 15.5. The van der Waals surface area contributed by atoms with E-state index in [9.17, 15) is 33.9 Å². The smallest absolute Gasteiger partial charge is 0.326 e. The van der Waals surface area contributed by atoms with Crippen LogP contribution in [0.1, 0.15) is 44.9 Å². The third kappa shape index (κ3) is 13.7. The molecule has 0 saturated heterocycles. The summed E-state index contributed by atoms with van der Waals surface area (Å²) in [5.41, 5.74) is 0. The molecule has 13 heteroatoms. The van der Waals surface area contributed by atoms with Crippen molar-refractivity contribution in [2.45, 2.75) is 57.0 Å². The maximum Gasteiger partial charge on any atom is 0.326 e. The van der Waals surface area contributed by atoms with Crippen molar-refractivity contribution in [3.8, 4) is 0 Å². The van der Waals surface area contributed by atoms with Gasteiger partial charge in [0.2, 0.25) is 12.3 Å². The van der Waals surface area contributed by atoms with Gasteiger partial charge in [0, 0.05) is 25.9 Å². The highest BCUT2D eigenvalue weighted by Gasteiger charge is 2.24. The van der Waals surface area contributed by atoms with Crippen molar-refractivity contribution in [1.82, 2.24) is 21.3 Å². The molecule has 170 valence electrons.